The standard InChI is InChI=1S/C15H14N4O/c1-20-13-9-5-3-7-11(13)15-17-14(18-19-15)10-6-2-4-8-12(10)16/h2-9H,16H2,1H3,(H,17,18,19). The van der Waals surface area contributed by atoms with E-state index < -0.39 is 0 Å². The number of nitrogens with zero attached hydrogens (tertiary/aromatic N) is 2. The van der Waals surface area contributed by atoms with Crippen molar-refractivity contribution in [3.63, 3.8) is 0 Å². The van der Waals surface area contributed by atoms with E-state index in [0.29, 0.717) is 17.3 Å². The number of methoxy groups -OCH3 is 1. The molecule has 3 N–H and O–H groups in total. The number of hydrogen-bond acceptors (Lipinski definition) is 4. The summed E-state index contributed by atoms with van der Waals surface area (Å²) in [6, 6.07) is 15.2. The highest BCUT2D eigenvalue weighted by Gasteiger charge is 2.12. The van der Waals surface area contributed by atoms with Gasteiger partial charge in [0.1, 0.15) is 5.75 Å². The molecule has 0 aliphatic rings. The van der Waals surface area contributed by atoms with Crippen molar-refractivity contribution in [1.29, 1.82) is 0 Å². The van der Waals surface area contributed by atoms with Crippen molar-refractivity contribution in [3.8, 4) is 28.5 Å². The molecule has 0 radical (unpaired) electrons. The lowest BCUT2D eigenvalue weighted by atomic mass is 10.1. The number of aromatic nitrogens is 3. The van der Waals surface area contributed by atoms with Crippen LogP contribution in [0.2, 0.25) is 0 Å². The van der Waals surface area contributed by atoms with Crippen LogP contribution in [-0.4, -0.2) is 22.3 Å². The molecule has 0 aliphatic carbocycles. The van der Waals surface area contributed by atoms with Gasteiger partial charge in [-0.15, -0.1) is 0 Å². The molecule has 0 spiro atoms. The Morgan fingerprint density at radius 3 is 2.45 bits per heavy atom. The molecule has 2 aromatic carbocycles. The third kappa shape index (κ3) is 2.09. The second-order valence-corrected chi connectivity index (χ2v) is 4.30. The maximum absolute atomic E-state index is 5.94. The lowest BCUT2D eigenvalue weighted by Crippen LogP contribution is -1.91. The molecule has 100 valence electrons. The van der Waals surface area contributed by atoms with Crippen LogP contribution in [0.1, 0.15) is 0 Å². The van der Waals surface area contributed by atoms with E-state index in [1.54, 1.807) is 7.11 Å². The van der Waals surface area contributed by atoms with E-state index >= 15 is 0 Å². The number of nitrogen functional groups attached to an aromatic ring is 1. The van der Waals surface area contributed by atoms with Gasteiger partial charge in [-0.1, -0.05) is 24.3 Å². The molecule has 0 aliphatic heterocycles. The van der Waals surface area contributed by atoms with E-state index in [1.807, 2.05) is 48.5 Å². The number of hydrogen-bond donors (Lipinski definition) is 2. The van der Waals surface area contributed by atoms with E-state index in [1.165, 1.54) is 0 Å². The number of nitrogens with one attached hydrogen (secondary N) is 1. The Kier molecular flexibility index (Phi) is 3.09. The number of H-pyrrole nitrogens is 1. The van der Waals surface area contributed by atoms with E-state index in [4.69, 9.17) is 10.5 Å². The largest absolute Gasteiger partial charge is 0.496 e. The molecule has 0 unspecified atom stereocenters. The highest BCUT2D eigenvalue weighted by atomic mass is 16.5. The Balaban J connectivity index is 2.05. The Hall–Kier alpha value is -2.82. The minimum absolute atomic E-state index is 0.584. The van der Waals surface area contributed by atoms with E-state index in [0.717, 1.165) is 16.9 Å². The highest BCUT2D eigenvalue weighted by molar-refractivity contribution is 5.73. The van der Waals surface area contributed by atoms with Crippen LogP contribution in [0.4, 0.5) is 5.69 Å². The monoisotopic (exact) mass is 266 g/mol. The first kappa shape index (κ1) is 12.2. The fourth-order valence-electron chi connectivity index (χ4n) is 2.04. The van der Waals surface area contributed by atoms with Gasteiger partial charge in [0, 0.05) is 11.3 Å². The zero-order chi connectivity index (χ0) is 13.9. The summed E-state index contributed by atoms with van der Waals surface area (Å²) in [5, 5.41) is 7.16. The van der Waals surface area contributed by atoms with Crippen molar-refractivity contribution in [3.05, 3.63) is 48.5 Å². The molecule has 0 bridgehead atoms. The molecule has 0 fully saturated rings. The van der Waals surface area contributed by atoms with Gasteiger partial charge in [-0.25, -0.2) is 4.98 Å². The van der Waals surface area contributed by atoms with Crippen LogP contribution in [0.5, 0.6) is 5.75 Å². The molecule has 5 heteroatoms. The van der Waals surface area contributed by atoms with Crippen molar-refractivity contribution in [2.45, 2.75) is 0 Å². The van der Waals surface area contributed by atoms with Crippen LogP contribution in [0.3, 0.4) is 0 Å². The normalized spacial score (nSPS) is 10.4. The van der Waals surface area contributed by atoms with E-state index in [-0.39, 0.29) is 0 Å². The topological polar surface area (TPSA) is 76.8 Å². The summed E-state index contributed by atoms with van der Waals surface area (Å²) in [5.74, 6) is 1.96. The fourth-order valence-corrected chi connectivity index (χ4v) is 2.04. The molecule has 0 amide bonds. The van der Waals surface area contributed by atoms with Gasteiger partial charge in [-0.3, -0.25) is 5.10 Å². The van der Waals surface area contributed by atoms with Gasteiger partial charge in [-0.05, 0) is 24.3 Å². The minimum atomic E-state index is 0.584. The molecular formula is C15H14N4O. The number of nitrogens with two attached hydrogens (primary N) is 1. The van der Waals surface area contributed by atoms with Crippen LogP contribution in [-0.2, 0) is 0 Å². The van der Waals surface area contributed by atoms with Gasteiger partial charge in [0.25, 0.3) is 0 Å². The number of para-hydroxylation sites is 2. The average molecular weight is 266 g/mol. The highest BCUT2D eigenvalue weighted by Crippen LogP contribution is 2.29. The van der Waals surface area contributed by atoms with E-state index in [2.05, 4.69) is 15.2 Å². The molecule has 0 saturated heterocycles. The third-order valence-corrected chi connectivity index (χ3v) is 3.05. The quantitative estimate of drug-likeness (QED) is 0.715. The van der Waals surface area contributed by atoms with Gasteiger partial charge in [-0.2, -0.15) is 5.10 Å². The number of benzene rings is 2. The molecule has 3 rings (SSSR count). The summed E-state index contributed by atoms with van der Waals surface area (Å²) in [6.45, 7) is 0. The van der Waals surface area contributed by atoms with Crippen LogP contribution >= 0.6 is 0 Å². The molecule has 0 saturated carbocycles. The predicted molar refractivity (Wildman–Crippen MR) is 78.2 cm³/mol. The van der Waals surface area contributed by atoms with Crippen LogP contribution in [0, 0.1) is 0 Å². The first-order valence-electron chi connectivity index (χ1n) is 6.20. The summed E-state index contributed by atoms with van der Waals surface area (Å²) in [4.78, 5) is 4.49. The predicted octanol–water partition coefficient (Wildman–Crippen LogP) is 2.73. The maximum Gasteiger partial charge on any atom is 0.185 e. The van der Waals surface area contributed by atoms with E-state index in [9.17, 15) is 0 Å². The lowest BCUT2D eigenvalue weighted by Gasteiger charge is -2.03. The summed E-state index contributed by atoms with van der Waals surface area (Å²) in [7, 11) is 1.63. The molecule has 1 heterocycles. The van der Waals surface area contributed by atoms with Gasteiger partial charge >= 0.3 is 0 Å². The van der Waals surface area contributed by atoms with Crippen molar-refractivity contribution >= 4 is 5.69 Å². The Morgan fingerprint density at radius 2 is 1.70 bits per heavy atom. The van der Waals surface area contributed by atoms with Gasteiger partial charge in [0.05, 0.1) is 12.7 Å². The molecule has 3 aromatic rings. The van der Waals surface area contributed by atoms with Gasteiger partial charge in [0.2, 0.25) is 0 Å². The average Bonchev–Trinajstić information content (AvgIpc) is 2.97. The van der Waals surface area contributed by atoms with Crippen molar-refractivity contribution in [2.75, 3.05) is 12.8 Å². The Bertz CT molecular complexity index is 736. The summed E-state index contributed by atoms with van der Waals surface area (Å²) >= 11 is 0. The maximum atomic E-state index is 5.94. The minimum Gasteiger partial charge on any atom is -0.496 e. The van der Waals surface area contributed by atoms with Gasteiger partial charge < -0.3 is 10.5 Å². The number of aromatic amines is 1. The van der Waals surface area contributed by atoms with Crippen LogP contribution in [0.15, 0.2) is 48.5 Å². The lowest BCUT2D eigenvalue weighted by molar-refractivity contribution is 0.416. The van der Waals surface area contributed by atoms with Crippen molar-refractivity contribution < 1.29 is 4.74 Å². The first-order valence-corrected chi connectivity index (χ1v) is 6.20. The second-order valence-electron chi connectivity index (χ2n) is 4.30. The zero-order valence-electron chi connectivity index (χ0n) is 11.0. The summed E-state index contributed by atoms with van der Waals surface area (Å²) < 4.78 is 5.32. The van der Waals surface area contributed by atoms with Crippen LogP contribution < -0.4 is 10.5 Å². The summed E-state index contributed by atoms with van der Waals surface area (Å²) in [5.41, 5.74) is 8.28. The first-order chi connectivity index (χ1) is 9.79. The second kappa shape index (κ2) is 5.05. The molecule has 5 nitrogen and oxygen atoms in total. The van der Waals surface area contributed by atoms with Crippen molar-refractivity contribution in [2.24, 2.45) is 0 Å². The van der Waals surface area contributed by atoms with Gasteiger partial charge in [0.15, 0.2) is 11.6 Å². The zero-order valence-corrected chi connectivity index (χ0v) is 11.0. The Labute approximate surface area is 116 Å². The Morgan fingerprint density at radius 1 is 1.00 bits per heavy atom. The SMILES string of the molecule is COc1ccccc1-c1n[nH]c(-c2ccccc2N)n1. The fraction of sp³-hybridized carbons (Fsp3) is 0.0667. The van der Waals surface area contributed by atoms with Crippen LogP contribution in [0.25, 0.3) is 22.8 Å². The molecule has 20 heavy (non-hydrogen) atoms. The molecular weight excluding hydrogens is 252 g/mol. The third-order valence-electron chi connectivity index (χ3n) is 3.05. The number of ether oxygens (including phenoxy) is 1. The smallest absolute Gasteiger partial charge is 0.185 e. The van der Waals surface area contributed by atoms with Crippen molar-refractivity contribution in [1.82, 2.24) is 15.2 Å². The molecule has 1 aromatic heterocycles. The summed E-state index contributed by atoms with van der Waals surface area (Å²) in [6.07, 6.45) is 0. The number of anilines is 1. The number of rotatable bonds is 3. The molecule has 0 atom stereocenters.